The Kier molecular flexibility index (Phi) is 14.7. The largest absolute Gasteiger partial charge is 0.494 e. The topological polar surface area (TPSA) is 214 Å². The number of unbranched alkanes of at least 4 members (excludes halogenated alkanes) is 1. The van der Waals surface area contributed by atoms with Gasteiger partial charge in [-0.2, -0.15) is 4.98 Å². The number of nitrogens with one attached hydrogen (secondary N) is 3. The molecule has 19 nitrogen and oxygen atoms in total. The molecule has 21 heteroatoms. The molecular formula is C46H53ClN9O10P. The van der Waals surface area contributed by atoms with E-state index in [0.29, 0.717) is 73.2 Å². The van der Waals surface area contributed by atoms with E-state index in [4.69, 9.17) is 30.1 Å². The van der Waals surface area contributed by atoms with Crippen LogP contribution in [0.25, 0.3) is 0 Å². The van der Waals surface area contributed by atoms with Gasteiger partial charge >= 0.3 is 7.60 Å². The molecule has 0 aliphatic carbocycles. The quantitative estimate of drug-likeness (QED) is 0.0677. The molecule has 1 aromatic heterocycles. The number of anilines is 5. The zero-order valence-corrected chi connectivity index (χ0v) is 39.1. The number of carbonyl (C=O) groups excluding carboxylic acids is 5. The van der Waals surface area contributed by atoms with Crippen molar-refractivity contribution in [3.05, 3.63) is 83.0 Å². The Labute approximate surface area is 392 Å². The fourth-order valence-corrected chi connectivity index (χ4v) is 10.3. The number of hydrogen-bond donors (Lipinski definition) is 3. The van der Waals surface area contributed by atoms with Crippen LogP contribution in [-0.2, 0) is 28.0 Å². The van der Waals surface area contributed by atoms with Gasteiger partial charge in [0.05, 0.1) is 47.7 Å². The Balaban J connectivity index is 0.760. The van der Waals surface area contributed by atoms with Crippen molar-refractivity contribution in [2.45, 2.75) is 57.0 Å². The minimum absolute atomic E-state index is 0.0530. The predicted octanol–water partition coefficient (Wildman–Crippen LogP) is 5.50. The smallest absolute Gasteiger partial charge is 0.362 e. The van der Waals surface area contributed by atoms with E-state index in [1.54, 1.807) is 37.4 Å². The molecule has 5 heterocycles. The number of ether oxygens (including phenoxy) is 2. The molecule has 3 N–H and O–H groups in total. The fraction of sp³-hybridized carbons (Fsp3) is 0.413. The van der Waals surface area contributed by atoms with E-state index in [9.17, 15) is 28.5 Å². The molecule has 1 atom stereocenters. The van der Waals surface area contributed by atoms with E-state index < -0.39 is 37.3 Å². The number of methoxy groups -OCH3 is 1. The zero-order valence-electron chi connectivity index (χ0n) is 37.5. The standard InChI is InChI=1S/C46H53ClN9O10P/c1-63-38-26-30(11-14-35(38)50-46-48-28-34(47)42(52-46)49-36-8-4-5-9-39(36)67(62,64-2)65-3)53-19-17-29(18-20-53)54-21-23-55(24-22-54)41(58)10-6-7-25-66-31-12-13-32-33(27-31)45(61)56(44(32)60)37-15-16-40(57)51-43(37)59/h4-5,8-9,11-14,26-29,37H,6-7,10,15-25H2,1-3H3,(H,51,57,59)(H2,48,49,50,52). The average molecular weight is 958 g/mol. The predicted molar refractivity (Wildman–Crippen MR) is 250 cm³/mol. The van der Waals surface area contributed by atoms with Gasteiger partial charge in [-0.3, -0.25) is 43.7 Å². The molecule has 0 radical (unpaired) electrons. The molecule has 4 aliphatic heterocycles. The molecule has 3 saturated heterocycles. The molecule has 5 amide bonds. The molecule has 0 saturated carbocycles. The Bertz CT molecular complexity index is 2580. The number of benzene rings is 3. The first-order chi connectivity index (χ1) is 32.4. The van der Waals surface area contributed by atoms with Gasteiger partial charge in [0.1, 0.15) is 22.6 Å². The highest BCUT2D eigenvalue weighted by atomic mass is 35.5. The number of piperazine rings is 1. The Morgan fingerprint density at radius 1 is 0.851 bits per heavy atom. The van der Waals surface area contributed by atoms with Crippen molar-refractivity contribution in [3.63, 3.8) is 0 Å². The first-order valence-corrected chi connectivity index (χ1v) is 24.1. The van der Waals surface area contributed by atoms with Crippen LogP contribution in [0.2, 0.25) is 5.02 Å². The molecule has 0 spiro atoms. The molecule has 4 aliphatic rings. The van der Waals surface area contributed by atoms with Gasteiger partial charge in [-0.15, -0.1) is 0 Å². The minimum atomic E-state index is -3.58. The number of piperidine rings is 2. The lowest BCUT2D eigenvalue weighted by molar-refractivity contribution is -0.136. The number of aromatic nitrogens is 2. The maximum Gasteiger partial charge on any atom is 0.362 e. The van der Waals surface area contributed by atoms with Gasteiger partial charge in [0.25, 0.3) is 11.8 Å². The lowest BCUT2D eigenvalue weighted by Crippen LogP contribution is -2.54. The van der Waals surface area contributed by atoms with Crippen molar-refractivity contribution in [2.24, 2.45) is 0 Å². The molecule has 3 fully saturated rings. The molecule has 8 rings (SSSR count). The molecule has 1 unspecified atom stereocenters. The van der Waals surface area contributed by atoms with Crippen molar-refractivity contribution in [3.8, 4) is 11.5 Å². The number of rotatable bonds is 17. The highest BCUT2D eigenvalue weighted by Gasteiger charge is 2.45. The van der Waals surface area contributed by atoms with Crippen LogP contribution < -0.4 is 35.6 Å². The second-order valence-corrected chi connectivity index (χ2v) is 19.1. The van der Waals surface area contributed by atoms with Crippen molar-refractivity contribution in [2.75, 3.05) is 82.7 Å². The number of amides is 5. The Morgan fingerprint density at radius 3 is 2.33 bits per heavy atom. The van der Waals surface area contributed by atoms with Gasteiger partial charge in [0.2, 0.25) is 23.7 Å². The highest BCUT2D eigenvalue weighted by Crippen LogP contribution is 2.47. The molecule has 4 aromatic rings. The van der Waals surface area contributed by atoms with Crippen LogP contribution in [0.5, 0.6) is 11.5 Å². The normalized spacial score (nSPS) is 18.2. The number of halogens is 1. The molecule has 0 bridgehead atoms. The first-order valence-electron chi connectivity index (χ1n) is 22.2. The van der Waals surface area contributed by atoms with Gasteiger partial charge < -0.3 is 39.0 Å². The molecule has 3 aromatic carbocycles. The summed E-state index contributed by atoms with van der Waals surface area (Å²) in [5.41, 5.74) is 2.51. The van der Waals surface area contributed by atoms with E-state index in [0.717, 1.165) is 49.6 Å². The van der Waals surface area contributed by atoms with Crippen molar-refractivity contribution < 1.29 is 47.1 Å². The lowest BCUT2D eigenvalue weighted by Gasteiger charge is -2.43. The molecule has 354 valence electrons. The van der Waals surface area contributed by atoms with E-state index in [1.807, 2.05) is 23.1 Å². The number of hydrogen-bond acceptors (Lipinski definition) is 16. The first kappa shape index (κ1) is 47.4. The maximum atomic E-state index is 13.2. The van der Waals surface area contributed by atoms with Crippen LogP contribution in [0.1, 0.15) is 65.7 Å². The highest BCUT2D eigenvalue weighted by molar-refractivity contribution is 7.62. The Hall–Kier alpha value is -6.11. The third-order valence-electron chi connectivity index (χ3n) is 12.6. The number of para-hydroxylation sites is 1. The van der Waals surface area contributed by atoms with Crippen molar-refractivity contribution in [1.29, 1.82) is 0 Å². The SMILES string of the molecule is COc1cc(N2CCC(N3CCN(C(=O)CCCCOc4ccc5c(c4)C(=O)N(C4CCC(=O)NC4=O)C5=O)CC3)CC2)ccc1Nc1ncc(Cl)c(Nc2ccccc2P(=O)(OC)OC)n1. The number of nitrogens with zero attached hydrogens (tertiary/aromatic N) is 6. The van der Waals surface area contributed by atoms with Gasteiger partial charge in [-0.25, -0.2) is 4.98 Å². The van der Waals surface area contributed by atoms with E-state index in [1.165, 1.54) is 32.5 Å². The molecule has 67 heavy (non-hydrogen) atoms. The fourth-order valence-electron chi connectivity index (χ4n) is 8.92. The van der Waals surface area contributed by atoms with Crippen LogP contribution in [0, 0.1) is 0 Å². The number of imide groups is 2. The van der Waals surface area contributed by atoms with E-state index in [-0.39, 0.29) is 46.7 Å². The lowest BCUT2D eigenvalue weighted by atomic mass is 10.0. The maximum absolute atomic E-state index is 13.2. The average Bonchev–Trinajstić information content (AvgIpc) is 3.59. The second-order valence-electron chi connectivity index (χ2n) is 16.5. The molecular weight excluding hydrogens is 905 g/mol. The summed E-state index contributed by atoms with van der Waals surface area (Å²) in [5.74, 6) is -0.518. The third-order valence-corrected chi connectivity index (χ3v) is 14.8. The van der Waals surface area contributed by atoms with Gasteiger partial charge in [0.15, 0.2) is 5.82 Å². The van der Waals surface area contributed by atoms with E-state index >= 15 is 0 Å². The summed E-state index contributed by atoms with van der Waals surface area (Å²) in [6.07, 6.45) is 5.28. The third kappa shape index (κ3) is 10.4. The number of fused-ring (bicyclic) bond motifs is 1. The second kappa shape index (κ2) is 20.8. The van der Waals surface area contributed by atoms with Gasteiger partial charge in [0, 0.05) is 84.1 Å². The monoisotopic (exact) mass is 957 g/mol. The number of carbonyl (C=O) groups is 5. The van der Waals surface area contributed by atoms with Crippen molar-refractivity contribution >= 4 is 82.9 Å². The zero-order chi connectivity index (χ0) is 47.2. The summed E-state index contributed by atoms with van der Waals surface area (Å²) in [5, 5.41) is 9.16. The van der Waals surface area contributed by atoms with Crippen LogP contribution in [0.4, 0.5) is 28.8 Å². The summed E-state index contributed by atoms with van der Waals surface area (Å²) in [6, 6.07) is 16.9. The summed E-state index contributed by atoms with van der Waals surface area (Å²) in [4.78, 5) is 79.9. The van der Waals surface area contributed by atoms with E-state index in [2.05, 4.69) is 35.7 Å². The summed E-state index contributed by atoms with van der Waals surface area (Å²) >= 11 is 6.48. The Morgan fingerprint density at radius 2 is 1.60 bits per heavy atom. The van der Waals surface area contributed by atoms with Crippen LogP contribution in [0.15, 0.2) is 66.9 Å². The minimum Gasteiger partial charge on any atom is -0.494 e. The van der Waals surface area contributed by atoms with Gasteiger partial charge in [-0.05, 0) is 74.6 Å². The summed E-state index contributed by atoms with van der Waals surface area (Å²) < 4.78 is 35.3. The summed E-state index contributed by atoms with van der Waals surface area (Å²) in [7, 11) is 0.680. The summed E-state index contributed by atoms with van der Waals surface area (Å²) in [6.45, 7) is 5.10. The van der Waals surface area contributed by atoms with Crippen molar-refractivity contribution in [1.82, 2.24) is 30.0 Å². The van der Waals surface area contributed by atoms with Crippen LogP contribution >= 0.6 is 19.2 Å². The van der Waals surface area contributed by atoms with Crippen LogP contribution in [-0.4, -0.2) is 133 Å². The van der Waals surface area contributed by atoms with Gasteiger partial charge in [-0.1, -0.05) is 23.7 Å². The van der Waals surface area contributed by atoms with Crippen LogP contribution in [0.3, 0.4) is 0 Å².